The minimum atomic E-state index is -0.761. The summed E-state index contributed by atoms with van der Waals surface area (Å²) in [5.41, 5.74) is 3.37. The molecule has 0 aliphatic carbocycles. The molecule has 0 saturated heterocycles. The molecule has 0 aliphatic rings. The Kier molecular flexibility index (Phi) is 8.39. The Morgan fingerprint density at radius 2 is 1.91 bits per heavy atom. The van der Waals surface area contributed by atoms with Crippen LogP contribution in [0.3, 0.4) is 0 Å². The normalized spacial score (nSPS) is 11.6. The van der Waals surface area contributed by atoms with Crippen LogP contribution in [-0.4, -0.2) is 44.0 Å². The summed E-state index contributed by atoms with van der Waals surface area (Å²) in [6.07, 6.45) is 1.67. The number of aryl methyl sites for hydroxylation is 1. The first-order chi connectivity index (χ1) is 15.9. The van der Waals surface area contributed by atoms with Crippen molar-refractivity contribution in [2.75, 3.05) is 17.7 Å². The zero-order valence-corrected chi connectivity index (χ0v) is 19.4. The molecule has 0 spiro atoms. The van der Waals surface area contributed by atoms with Crippen LogP contribution in [0.2, 0.25) is 0 Å². The van der Waals surface area contributed by atoms with E-state index < -0.39 is 6.04 Å². The first-order valence-electron chi connectivity index (χ1n) is 10.4. The fourth-order valence-corrected chi connectivity index (χ4v) is 3.95. The number of nitrogens with one attached hydrogen (secondary N) is 2. The van der Waals surface area contributed by atoms with Crippen molar-refractivity contribution in [3.63, 3.8) is 0 Å². The van der Waals surface area contributed by atoms with E-state index in [9.17, 15) is 14.7 Å². The summed E-state index contributed by atoms with van der Waals surface area (Å²) in [4.78, 5) is 25.1. The van der Waals surface area contributed by atoms with Gasteiger partial charge in [0.05, 0.1) is 12.4 Å². The van der Waals surface area contributed by atoms with Gasteiger partial charge in [-0.3, -0.25) is 9.59 Å². The summed E-state index contributed by atoms with van der Waals surface area (Å²) in [7, 11) is 0. The van der Waals surface area contributed by atoms with Crippen molar-refractivity contribution in [2.45, 2.75) is 31.6 Å². The van der Waals surface area contributed by atoms with Crippen LogP contribution in [0, 0.1) is 13.8 Å². The quantitative estimate of drug-likeness (QED) is 0.313. The molecular weight excluding hydrogens is 438 g/mol. The lowest BCUT2D eigenvalue weighted by Crippen LogP contribution is -2.33. The molecular formula is C24H27N5O3S. The Labute approximate surface area is 197 Å². The van der Waals surface area contributed by atoms with E-state index >= 15 is 0 Å². The summed E-state index contributed by atoms with van der Waals surface area (Å²) in [6.45, 7) is 7.73. The summed E-state index contributed by atoms with van der Waals surface area (Å²) < 4.78 is 1.73. The molecule has 1 unspecified atom stereocenters. The van der Waals surface area contributed by atoms with Gasteiger partial charge >= 0.3 is 0 Å². The number of carbonyl (C=O) groups excluding carboxylic acids is 2. The van der Waals surface area contributed by atoms with Crippen molar-refractivity contribution in [1.29, 1.82) is 0 Å². The van der Waals surface area contributed by atoms with Gasteiger partial charge in [0, 0.05) is 17.8 Å². The molecule has 2 amide bonds. The second kappa shape index (κ2) is 11.4. The molecule has 9 heteroatoms. The zero-order chi connectivity index (χ0) is 23.8. The molecule has 0 bridgehead atoms. The maximum atomic E-state index is 12.5. The standard InChI is InChI=1S/C24H27N5O3S/c1-4-13-29-22(20(14-30)26-23(32)18-10-6-5-7-11-18)27-28-24(29)33-15-21(31)25-19-12-8-9-16(2)17(19)3/h4-12,20,30H,1,13-15H2,2-3H3,(H,25,31)(H,26,32). The number of nitrogens with zero attached hydrogens (tertiary/aromatic N) is 3. The Morgan fingerprint density at radius 1 is 1.15 bits per heavy atom. The number of aliphatic hydroxyl groups excluding tert-OH is 1. The number of hydrogen-bond acceptors (Lipinski definition) is 6. The molecule has 3 rings (SSSR count). The van der Waals surface area contributed by atoms with Gasteiger partial charge in [-0.2, -0.15) is 0 Å². The van der Waals surface area contributed by atoms with Gasteiger partial charge in [-0.15, -0.1) is 16.8 Å². The first-order valence-corrected chi connectivity index (χ1v) is 11.4. The van der Waals surface area contributed by atoms with Crippen LogP contribution in [0.1, 0.15) is 33.4 Å². The summed E-state index contributed by atoms with van der Waals surface area (Å²) in [5, 5.41) is 24.5. The molecule has 8 nitrogen and oxygen atoms in total. The van der Waals surface area contributed by atoms with E-state index in [4.69, 9.17) is 0 Å². The van der Waals surface area contributed by atoms with Crippen molar-refractivity contribution in [1.82, 2.24) is 20.1 Å². The largest absolute Gasteiger partial charge is 0.394 e. The maximum Gasteiger partial charge on any atom is 0.251 e. The number of anilines is 1. The van der Waals surface area contributed by atoms with Gasteiger partial charge in [-0.25, -0.2) is 0 Å². The fourth-order valence-electron chi connectivity index (χ4n) is 3.19. The van der Waals surface area contributed by atoms with E-state index in [1.807, 2.05) is 38.1 Å². The summed E-state index contributed by atoms with van der Waals surface area (Å²) in [6, 6.07) is 13.7. The second-order valence-electron chi connectivity index (χ2n) is 7.40. The van der Waals surface area contributed by atoms with Crippen LogP contribution in [0.25, 0.3) is 0 Å². The van der Waals surface area contributed by atoms with Gasteiger partial charge in [-0.1, -0.05) is 48.2 Å². The van der Waals surface area contributed by atoms with Crippen LogP contribution < -0.4 is 10.6 Å². The van der Waals surface area contributed by atoms with Gasteiger partial charge in [0.25, 0.3) is 5.91 Å². The highest BCUT2D eigenvalue weighted by Gasteiger charge is 2.23. The Bertz CT molecular complexity index is 1130. The molecule has 1 atom stereocenters. The van der Waals surface area contributed by atoms with Crippen LogP contribution in [0.15, 0.2) is 66.3 Å². The minimum Gasteiger partial charge on any atom is -0.394 e. The van der Waals surface area contributed by atoms with Crippen molar-refractivity contribution >= 4 is 29.3 Å². The average molecular weight is 466 g/mol. The maximum absolute atomic E-state index is 12.5. The average Bonchev–Trinajstić information content (AvgIpc) is 3.22. The summed E-state index contributed by atoms with van der Waals surface area (Å²) in [5.74, 6) is 0.0199. The number of aromatic nitrogens is 3. The molecule has 33 heavy (non-hydrogen) atoms. The highest BCUT2D eigenvalue weighted by molar-refractivity contribution is 7.99. The molecule has 2 aromatic carbocycles. The molecule has 3 aromatic rings. The second-order valence-corrected chi connectivity index (χ2v) is 8.34. The minimum absolute atomic E-state index is 0.128. The van der Waals surface area contributed by atoms with E-state index in [0.29, 0.717) is 23.1 Å². The van der Waals surface area contributed by atoms with Crippen molar-refractivity contribution in [3.05, 3.63) is 83.7 Å². The molecule has 172 valence electrons. The molecule has 0 radical (unpaired) electrons. The molecule has 0 aliphatic heterocycles. The highest BCUT2D eigenvalue weighted by Crippen LogP contribution is 2.23. The van der Waals surface area contributed by atoms with Crippen molar-refractivity contribution in [2.24, 2.45) is 0 Å². The van der Waals surface area contributed by atoms with E-state index in [1.54, 1.807) is 34.9 Å². The van der Waals surface area contributed by atoms with Gasteiger partial charge in [0.2, 0.25) is 5.91 Å². The number of benzene rings is 2. The zero-order valence-electron chi connectivity index (χ0n) is 18.6. The Morgan fingerprint density at radius 3 is 2.61 bits per heavy atom. The fraction of sp³-hybridized carbons (Fsp3) is 0.250. The number of amides is 2. The lowest BCUT2D eigenvalue weighted by Gasteiger charge is -2.17. The van der Waals surface area contributed by atoms with Crippen molar-refractivity contribution < 1.29 is 14.7 Å². The van der Waals surface area contributed by atoms with Crippen LogP contribution >= 0.6 is 11.8 Å². The predicted molar refractivity (Wildman–Crippen MR) is 129 cm³/mol. The number of aliphatic hydroxyl groups is 1. The molecule has 0 fully saturated rings. The third-order valence-corrected chi connectivity index (χ3v) is 6.07. The van der Waals surface area contributed by atoms with Crippen molar-refractivity contribution in [3.8, 4) is 0 Å². The number of thioether (sulfide) groups is 1. The van der Waals surface area contributed by atoms with E-state index in [0.717, 1.165) is 16.8 Å². The van der Waals surface area contributed by atoms with Gasteiger partial charge < -0.3 is 20.3 Å². The molecule has 3 N–H and O–H groups in total. The molecule has 1 aromatic heterocycles. The highest BCUT2D eigenvalue weighted by atomic mass is 32.2. The van der Waals surface area contributed by atoms with E-state index in [1.165, 1.54) is 11.8 Å². The number of hydrogen-bond donors (Lipinski definition) is 3. The van der Waals surface area contributed by atoms with Crippen LogP contribution in [-0.2, 0) is 11.3 Å². The predicted octanol–water partition coefficient (Wildman–Crippen LogP) is 3.28. The molecule has 1 heterocycles. The Balaban J connectivity index is 1.71. The smallest absolute Gasteiger partial charge is 0.251 e. The molecule has 0 saturated carbocycles. The van der Waals surface area contributed by atoms with E-state index in [2.05, 4.69) is 27.4 Å². The Hall–Kier alpha value is -3.43. The van der Waals surface area contributed by atoms with Crippen LogP contribution in [0.4, 0.5) is 5.69 Å². The lowest BCUT2D eigenvalue weighted by atomic mass is 10.1. The monoisotopic (exact) mass is 465 g/mol. The number of rotatable bonds is 10. The SMILES string of the molecule is C=CCn1c(SCC(=O)Nc2cccc(C)c2C)nnc1C(CO)NC(=O)c1ccccc1. The van der Waals surface area contributed by atoms with Gasteiger partial charge in [-0.05, 0) is 43.2 Å². The van der Waals surface area contributed by atoms with E-state index in [-0.39, 0.29) is 24.2 Å². The van der Waals surface area contributed by atoms with Gasteiger partial charge in [0.15, 0.2) is 11.0 Å². The van der Waals surface area contributed by atoms with Crippen LogP contribution in [0.5, 0.6) is 0 Å². The third-order valence-electron chi connectivity index (χ3n) is 5.10. The number of carbonyl (C=O) groups is 2. The topological polar surface area (TPSA) is 109 Å². The summed E-state index contributed by atoms with van der Waals surface area (Å²) >= 11 is 1.22. The van der Waals surface area contributed by atoms with Gasteiger partial charge in [0.1, 0.15) is 6.04 Å². The number of allylic oxidation sites excluding steroid dienone is 1. The third kappa shape index (κ3) is 6.09. The first kappa shape index (κ1) is 24.2. The lowest BCUT2D eigenvalue weighted by molar-refractivity contribution is -0.113.